The fraction of sp³-hybridized carbons (Fsp3) is 0.647. The molecular formula is C17H25N3O2. The van der Waals surface area contributed by atoms with Crippen LogP contribution in [0.3, 0.4) is 0 Å². The van der Waals surface area contributed by atoms with Gasteiger partial charge in [0.25, 0.3) is 0 Å². The Morgan fingerprint density at radius 2 is 1.91 bits per heavy atom. The molecule has 22 heavy (non-hydrogen) atoms. The zero-order valence-corrected chi connectivity index (χ0v) is 13.2. The Labute approximate surface area is 131 Å². The summed E-state index contributed by atoms with van der Waals surface area (Å²) in [6, 6.07) is 5.91. The second-order valence-corrected chi connectivity index (χ2v) is 6.49. The number of carboxylic acids is 1. The first-order valence-corrected chi connectivity index (χ1v) is 8.34. The first kappa shape index (κ1) is 15.3. The van der Waals surface area contributed by atoms with E-state index in [9.17, 15) is 4.79 Å². The van der Waals surface area contributed by atoms with Gasteiger partial charge in [0, 0.05) is 19.1 Å². The maximum absolute atomic E-state index is 11.0. The molecule has 0 aromatic carbocycles. The quantitative estimate of drug-likeness (QED) is 0.926. The first-order chi connectivity index (χ1) is 10.6. The van der Waals surface area contributed by atoms with Gasteiger partial charge in [-0.3, -0.25) is 0 Å². The summed E-state index contributed by atoms with van der Waals surface area (Å²) in [5.41, 5.74) is 0.130. The number of anilines is 1. The highest BCUT2D eigenvalue weighted by atomic mass is 16.4. The molecule has 5 nitrogen and oxygen atoms in total. The van der Waals surface area contributed by atoms with Gasteiger partial charge in [0.15, 0.2) is 5.69 Å². The highest BCUT2D eigenvalue weighted by Crippen LogP contribution is 2.28. The minimum atomic E-state index is -0.959. The molecule has 0 radical (unpaired) electrons. The van der Waals surface area contributed by atoms with Crippen LogP contribution in [0.2, 0.25) is 0 Å². The van der Waals surface area contributed by atoms with Gasteiger partial charge in [-0.1, -0.05) is 6.07 Å². The van der Waals surface area contributed by atoms with Crippen molar-refractivity contribution in [1.29, 1.82) is 0 Å². The number of carboxylic acid groups (broad SMARTS) is 1. The summed E-state index contributed by atoms with van der Waals surface area (Å²) >= 11 is 0. The van der Waals surface area contributed by atoms with Crippen LogP contribution in [0.25, 0.3) is 0 Å². The normalized spacial score (nSPS) is 22.0. The molecule has 2 aliphatic rings. The third kappa shape index (κ3) is 3.24. The van der Waals surface area contributed by atoms with E-state index in [1.807, 2.05) is 6.07 Å². The first-order valence-electron chi connectivity index (χ1n) is 8.34. The Hall–Kier alpha value is -1.62. The van der Waals surface area contributed by atoms with Gasteiger partial charge in [-0.15, -0.1) is 0 Å². The Morgan fingerprint density at radius 3 is 2.55 bits per heavy atom. The maximum atomic E-state index is 11.0. The Bertz CT molecular complexity index is 520. The lowest BCUT2D eigenvalue weighted by Crippen LogP contribution is -2.43. The van der Waals surface area contributed by atoms with Gasteiger partial charge in [0.2, 0.25) is 0 Å². The zero-order valence-electron chi connectivity index (χ0n) is 13.2. The van der Waals surface area contributed by atoms with Crippen LogP contribution in [0.4, 0.5) is 5.82 Å². The molecule has 0 aliphatic carbocycles. The molecule has 2 saturated heterocycles. The number of carbonyl (C=O) groups is 1. The number of hydrogen-bond donors (Lipinski definition) is 1. The van der Waals surface area contributed by atoms with E-state index in [-0.39, 0.29) is 5.69 Å². The molecule has 0 spiro atoms. The molecule has 1 atom stereocenters. The molecule has 1 unspecified atom stereocenters. The molecule has 3 rings (SSSR count). The minimum Gasteiger partial charge on any atom is -0.477 e. The predicted molar refractivity (Wildman–Crippen MR) is 86.4 cm³/mol. The number of hydrogen-bond acceptors (Lipinski definition) is 4. The summed E-state index contributed by atoms with van der Waals surface area (Å²) in [5, 5.41) is 9.06. The van der Waals surface area contributed by atoms with Gasteiger partial charge >= 0.3 is 5.97 Å². The van der Waals surface area contributed by atoms with Crippen molar-refractivity contribution in [3.05, 3.63) is 23.9 Å². The van der Waals surface area contributed by atoms with Gasteiger partial charge in [-0.05, 0) is 63.7 Å². The number of rotatable bonds is 4. The number of aromatic carboxylic acids is 1. The summed E-state index contributed by atoms with van der Waals surface area (Å²) in [4.78, 5) is 20.1. The van der Waals surface area contributed by atoms with E-state index in [1.165, 1.54) is 25.9 Å². The van der Waals surface area contributed by atoms with Crippen LogP contribution in [-0.2, 0) is 0 Å². The molecule has 0 bridgehead atoms. The summed E-state index contributed by atoms with van der Waals surface area (Å²) in [6.45, 7) is 6.82. The van der Waals surface area contributed by atoms with Crippen molar-refractivity contribution >= 4 is 11.8 Å². The smallest absolute Gasteiger partial charge is 0.354 e. The van der Waals surface area contributed by atoms with E-state index in [1.54, 1.807) is 12.1 Å². The maximum Gasteiger partial charge on any atom is 0.354 e. The average molecular weight is 303 g/mol. The molecular weight excluding hydrogens is 278 g/mol. The number of pyridine rings is 1. The largest absolute Gasteiger partial charge is 0.477 e. The second-order valence-electron chi connectivity index (χ2n) is 6.49. The van der Waals surface area contributed by atoms with Gasteiger partial charge < -0.3 is 14.9 Å². The van der Waals surface area contributed by atoms with Crippen molar-refractivity contribution in [3.63, 3.8) is 0 Å². The molecule has 1 N–H and O–H groups in total. The lowest BCUT2D eigenvalue weighted by Gasteiger charge is -2.38. The standard InChI is InChI=1S/C17H25N3O2/c1-13(19-9-2-3-10-19)14-7-11-20(12-8-14)16-6-4-5-15(18-16)17(21)22/h4-6,13-14H,2-3,7-12H2,1H3,(H,21,22). The molecule has 5 heteroatoms. The van der Waals surface area contributed by atoms with Crippen LogP contribution in [0.5, 0.6) is 0 Å². The van der Waals surface area contributed by atoms with E-state index >= 15 is 0 Å². The van der Waals surface area contributed by atoms with Crippen LogP contribution < -0.4 is 4.90 Å². The zero-order chi connectivity index (χ0) is 15.5. The molecule has 2 fully saturated rings. The third-order valence-electron chi connectivity index (χ3n) is 5.22. The summed E-state index contributed by atoms with van der Waals surface area (Å²) in [5.74, 6) is 0.587. The number of likely N-dealkylation sites (tertiary alicyclic amines) is 1. The number of piperidine rings is 1. The molecule has 120 valence electrons. The van der Waals surface area contributed by atoms with Crippen molar-refractivity contribution in [2.75, 3.05) is 31.1 Å². The van der Waals surface area contributed by atoms with E-state index in [4.69, 9.17) is 5.11 Å². The highest BCUT2D eigenvalue weighted by molar-refractivity contribution is 5.85. The van der Waals surface area contributed by atoms with Crippen LogP contribution >= 0.6 is 0 Å². The molecule has 1 aromatic rings. The highest BCUT2D eigenvalue weighted by Gasteiger charge is 2.29. The van der Waals surface area contributed by atoms with Gasteiger partial charge in [0.05, 0.1) is 0 Å². The number of nitrogens with zero attached hydrogens (tertiary/aromatic N) is 3. The molecule has 3 heterocycles. The third-order valence-corrected chi connectivity index (χ3v) is 5.22. The van der Waals surface area contributed by atoms with E-state index in [2.05, 4.69) is 21.7 Å². The molecule has 2 aliphatic heterocycles. The average Bonchev–Trinajstić information content (AvgIpc) is 3.09. The van der Waals surface area contributed by atoms with Gasteiger partial charge in [-0.2, -0.15) is 0 Å². The minimum absolute atomic E-state index is 0.130. The van der Waals surface area contributed by atoms with Crippen LogP contribution in [0, 0.1) is 5.92 Å². The lowest BCUT2D eigenvalue weighted by molar-refractivity contribution is 0.0690. The summed E-state index contributed by atoms with van der Waals surface area (Å²) in [7, 11) is 0. The molecule has 1 aromatic heterocycles. The Balaban J connectivity index is 1.59. The fourth-order valence-electron chi connectivity index (χ4n) is 3.78. The van der Waals surface area contributed by atoms with Crippen LogP contribution in [-0.4, -0.2) is 53.2 Å². The molecule has 0 saturated carbocycles. The summed E-state index contributed by atoms with van der Waals surface area (Å²) < 4.78 is 0. The second kappa shape index (κ2) is 6.65. The van der Waals surface area contributed by atoms with Crippen LogP contribution in [0.1, 0.15) is 43.1 Å². The van der Waals surface area contributed by atoms with E-state index in [0.717, 1.165) is 37.7 Å². The van der Waals surface area contributed by atoms with Crippen molar-refractivity contribution in [3.8, 4) is 0 Å². The number of aromatic nitrogens is 1. The van der Waals surface area contributed by atoms with Crippen molar-refractivity contribution < 1.29 is 9.90 Å². The van der Waals surface area contributed by atoms with Gasteiger partial charge in [0.1, 0.15) is 5.82 Å². The van der Waals surface area contributed by atoms with Crippen molar-refractivity contribution in [2.45, 2.75) is 38.6 Å². The Kier molecular flexibility index (Phi) is 4.62. The van der Waals surface area contributed by atoms with E-state index < -0.39 is 5.97 Å². The fourth-order valence-corrected chi connectivity index (χ4v) is 3.78. The van der Waals surface area contributed by atoms with Gasteiger partial charge in [-0.25, -0.2) is 9.78 Å². The lowest BCUT2D eigenvalue weighted by atomic mass is 9.89. The van der Waals surface area contributed by atoms with E-state index in [0.29, 0.717) is 6.04 Å². The summed E-state index contributed by atoms with van der Waals surface area (Å²) in [6.07, 6.45) is 5.01. The topological polar surface area (TPSA) is 56.7 Å². The van der Waals surface area contributed by atoms with Crippen LogP contribution in [0.15, 0.2) is 18.2 Å². The Morgan fingerprint density at radius 1 is 1.23 bits per heavy atom. The predicted octanol–water partition coefficient (Wildman–Crippen LogP) is 2.48. The molecule has 0 amide bonds. The van der Waals surface area contributed by atoms with Crippen molar-refractivity contribution in [2.24, 2.45) is 5.92 Å². The van der Waals surface area contributed by atoms with Crippen molar-refractivity contribution in [1.82, 2.24) is 9.88 Å². The monoisotopic (exact) mass is 303 g/mol. The SMILES string of the molecule is CC(C1CCN(c2cccc(C(=O)O)n2)CC1)N1CCCC1.